The monoisotopic (exact) mass is 239 g/mol. The molecule has 0 bridgehead atoms. The molecule has 1 N–H and O–H groups in total. The Hall–Kier alpha value is -1.83. The van der Waals surface area contributed by atoms with Gasteiger partial charge in [0, 0.05) is 17.5 Å². The molecule has 0 saturated heterocycles. The van der Waals surface area contributed by atoms with Gasteiger partial charge in [0.2, 0.25) is 5.91 Å². The number of nitrogens with one attached hydrogen (secondary N) is 1. The molecule has 0 spiro atoms. The zero-order chi connectivity index (χ0) is 12.4. The van der Waals surface area contributed by atoms with Crippen LogP contribution >= 0.6 is 0 Å². The zero-order valence-electron chi connectivity index (χ0n) is 10.4. The second kappa shape index (κ2) is 4.81. The van der Waals surface area contributed by atoms with Gasteiger partial charge in [0.05, 0.1) is 0 Å². The van der Waals surface area contributed by atoms with Gasteiger partial charge < -0.3 is 5.32 Å². The van der Waals surface area contributed by atoms with Crippen LogP contribution in [0.1, 0.15) is 25.7 Å². The van der Waals surface area contributed by atoms with Crippen molar-refractivity contribution in [2.45, 2.75) is 25.7 Å². The van der Waals surface area contributed by atoms with E-state index in [2.05, 4.69) is 17.4 Å². The van der Waals surface area contributed by atoms with Gasteiger partial charge in [0.25, 0.3) is 0 Å². The highest BCUT2D eigenvalue weighted by molar-refractivity contribution is 6.02. The number of benzene rings is 2. The first kappa shape index (κ1) is 11.3. The molecule has 0 aliphatic heterocycles. The third-order valence-electron chi connectivity index (χ3n) is 3.76. The van der Waals surface area contributed by atoms with E-state index in [1.165, 1.54) is 24.6 Å². The van der Waals surface area contributed by atoms with Crippen LogP contribution in [-0.4, -0.2) is 5.91 Å². The molecule has 3 rings (SSSR count). The number of fused-ring (bicyclic) bond motifs is 1. The topological polar surface area (TPSA) is 29.1 Å². The van der Waals surface area contributed by atoms with Crippen LogP contribution in [0.5, 0.6) is 0 Å². The molecular weight excluding hydrogens is 222 g/mol. The minimum Gasteiger partial charge on any atom is -0.326 e. The van der Waals surface area contributed by atoms with Gasteiger partial charge in [-0.2, -0.15) is 0 Å². The lowest BCUT2D eigenvalue weighted by atomic mass is 9.83. The van der Waals surface area contributed by atoms with Gasteiger partial charge in [-0.3, -0.25) is 4.79 Å². The van der Waals surface area contributed by atoms with E-state index in [4.69, 9.17) is 0 Å². The van der Waals surface area contributed by atoms with Crippen molar-refractivity contribution in [1.82, 2.24) is 0 Å². The Morgan fingerprint density at radius 1 is 1.11 bits per heavy atom. The standard InChI is InChI=1S/C16H17NO/c18-16(11-12-5-3-6-12)17-15-10-4-8-13-7-1-2-9-14(13)15/h1-2,4,7-10,12H,3,5-6,11H2,(H,17,18). The van der Waals surface area contributed by atoms with Crippen molar-refractivity contribution in [3.8, 4) is 0 Å². The second-order valence-electron chi connectivity index (χ2n) is 5.08. The van der Waals surface area contributed by atoms with Crippen LogP contribution in [0.15, 0.2) is 42.5 Å². The fourth-order valence-electron chi connectivity index (χ4n) is 2.49. The molecule has 1 aliphatic rings. The summed E-state index contributed by atoms with van der Waals surface area (Å²) < 4.78 is 0. The van der Waals surface area contributed by atoms with Crippen LogP contribution in [0, 0.1) is 5.92 Å². The third kappa shape index (κ3) is 2.23. The Morgan fingerprint density at radius 2 is 1.89 bits per heavy atom. The highest BCUT2D eigenvalue weighted by Gasteiger charge is 2.20. The molecule has 2 nitrogen and oxygen atoms in total. The maximum atomic E-state index is 11.9. The van der Waals surface area contributed by atoms with E-state index in [0.717, 1.165) is 11.1 Å². The molecule has 2 aromatic rings. The molecule has 0 radical (unpaired) electrons. The Morgan fingerprint density at radius 3 is 2.67 bits per heavy atom. The largest absolute Gasteiger partial charge is 0.326 e. The van der Waals surface area contributed by atoms with E-state index < -0.39 is 0 Å². The molecule has 0 unspecified atom stereocenters. The van der Waals surface area contributed by atoms with Crippen molar-refractivity contribution in [3.05, 3.63) is 42.5 Å². The number of anilines is 1. The summed E-state index contributed by atoms with van der Waals surface area (Å²) >= 11 is 0. The summed E-state index contributed by atoms with van der Waals surface area (Å²) in [6, 6.07) is 14.2. The van der Waals surface area contributed by atoms with E-state index in [-0.39, 0.29) is 5.91 Å². The molecule has 2 aromatic carbocycles. The van der Waals surface area contributed by atoms with Gasteiger partial charge in [0.1, 0.15) is 0 Å². The molecule has 92 valence electrons. The van der Waals surface area contributed by atoms with Crippen molar-refractivity contribution in [2.24, 2.45) is 5.92 Å². The summed E-state index contributed by atoms with van der Waals surface area (Å²) in [5, 5.41) is 5.32. The lowest BCUT2D eigenvalue weighted by Gasteiger charge is -2.24. The highest BCUT2D eigenvalue weighted by Crippen LogP contribution is 2.30. The number of carbonyl (C=O) groups excluding carboxylic acids is 1. The fraction of sp³-hybridized carbons (Fsp3) is 0.312. The number of amides is 1. The van der Waals surface area contributed by atoms with Crippen LogP contribution in [-0.2, 0) is 4.79 Å². The summed E-state index contributed by atoms with van der Waals surface area (Å²) in [7, 11) is 0. The van der Waals surface area contributed by atoms with Crippen LogP contribution < -0.4 is 5.32 Å². The van der Waals surface area contributed by atoms with E-state index in [1.807, 2.05) is 30.3 Å². The first-order valence-corrected chi connectivity index (χ1v) is 6.60. The fourth-order valence-corrected chi connectivity index (χ4v) is 2.49. The van der Waals surface area contributed by atoms with Gasteiger partial charge in [-0.1, -0.05) is 42.8 Å². The lowest BCUT2D eigenvalue weighted by Crippen LogP contribution is -2.20. The van der Waals surface area contributed by atoms with Crippen LogP contribution in [0.2, 0.25) is 0 Å². The first-order valence-electron chi connectivity index (χ1n) is 6.60. The molecule has 1 amide bonds. The van der Waals surface area contributed by atoms with Crippen LogP contribution in [0.4, 0.5) is 5.69 Å². The molecule has 0 heterocycles. The molecule has 1 aliphatic carbocycles. The van der Waals surface area contributed by atoms with Gasteiger partial charge >= 0.3 is 0 Å². The SMILES string of the molecule is O=C(CC1CCC1)Nc1cccc2ccccc12. The van der Waals surface area contributed by atoms with E-state index in [1.54, 1.807) is 0 Å². The second-order valence-corrected chi connectivity index (χ2v) is 5.08. The number of carbonyl (C=O) groups is 1. The van der Waals surface area contributed by atoms with Crippen LogP contribution in [0.25, 0.3) is 10.8 Å². The first-order chi connectivity index (χ1) is 8.83. The average molecular weight is 239 g/mol. The predicted octanol–water partition coefficient (Wildman–Crippen LogP) is 3.97. The molecule has 18 heavy (non-hydrogen) atoms. The Labute approximate surface area is 107 Å². The van der Waals surface area contributed by atoms with Crippen molar-refractivity contribution in [2.75, 3.05) is 5.32 Å². The quantitative estimate of drug-likeness (QED) is 0.862. The van der Waals surface area contributed by atoms with E-state index >= 15 is 0 Å². The minimum atomic E-state index is 0.149. The Kier molecular flexibility index (Phi) is 3.01. The van der Waals surface area contributed by atoms with Gasteiger partial charge in [0.15, 0.2) is 0 Å². The maximum absolute atomic E-state index is 11.9. The van der Waals surface area contributed by atoms with Gasteiger partial charge in [-0.15, -0.1) is 0 Å². The van der Waals surface area contributed by atoms with Gasteiger partial charge in [-0.25, -0.2) is 0 Å². The molecular formula is C16H17NO. The minimum absolute atomic E-state index is 0.149. The Balaban J connectivity index is 1.79. The molecule has 0 atom stereocenters. The number of hydrogen-bond donors (Lipinski definition) is 1. The van der Waals surface area contributed by atoms with Crippen LogP contribution in [0.3, 0.4) is 0 Å². The summed E-state index contributed by atoms with van der Waals surface area (Å²) in [4.78, 5) is 11.9. The zero-order valence-corrected chi connectivity index (χ0v) is 10.4. The van der Waals surface area contributed by atoms with E-state index in [9.17, 15) is 4.79 Å². The highest BCUT2D eigenvalue weighted by atomic mass is 16.1. The van der Waals surface area contributed by atoms with Crippen molar-refractivity contribution in [1.29, 1.82) is 0 Å². The summed E-state index contributed by atoms with van der Waals surface area (Å²) in [6.45, 7) is 0. The molecule has 1 saturated carbocycles. The predicted molar refractivity (Wildman–Crippen MR) is 74.5 cm³/mol. The summed E-state index contributed by atoms with van der Waals surface area (Å²) in [5.74, 6) is 0.760. The lowest BCUT2D eigenvalue weighted by molar-refractivity contribution is -0.117. The smallest absolute Gasteiger partial charge is 0.224 e. The van der Waals surface area contributed by atoms with E-state index in [0.29, 0.717) is 12.3 Å². The summed E-state index contributed by atoms with van der Waals surface area (Å²) in [5.41, 5.74) is 0.928. The molecule has 1 fully saturated rings. The Bertz CT molecular complexity index is 567. The van der Waals surface area contributed by atoms with Crippen molar-refractivity contribution in [3.63, 3.8) is 0 Å². The molecule has 2 heteroatoms. The van der Waals surface area contributed by atoms with Crippen molar-refractivity contribution < 1.29 is 4.79 Å². The third-order valence-corrected chi connectivity index (χ3v) is 3.76. The molecule has 0 aromatic heterocycles. The number of rotatable bonds is 3. The maximum Gasteiger partial charge on any atom is 0.224 e. The van der Waals surface area contributed by atoms with Gasteiger partial charge in [-0.05, 0) is 30.2 Å². The summed E-state index contributed by atoms with van der Waals surface area (Å²) in [6.07, 6.45) is 4.38. The normalized spacial score (nSPS) is 15.3. The number of hydrogen-bond acceptors (Lipinski definition) is 1. The average Bonchev–Trinajstić information content (AvgIpc) is 2.34. The van der Waals surface area contributed by atoms with Crippen molar-refractivity contribution >= 4 is 22.4 Å².